The smallest absolute Gasteiger partial charge is 0.261 e. The van der Waals surface area contributed by atoms with Crippen molar-refractivity contribution in [2.75, 3.05) is 10.0 Å². The summed E-state index contributed by atoms with van der Waals surface area (Å²) in [4.78, 5) is 12.7. The average molecular weight is 516 g/mol. The van der Waals surface area contributed by atoms with Crippen LogP contribution in [0.25, 0.3) is 11.1 Å². The lowest BCUT2D eigenvalue weighted by atomic mass is 10.0. The van der Waals surface area contributed by atoms with E-state index in [0.29, 0.717) is 16.9 Å². The van der Waals surface area contributed by atoms with Crippen LogP contribution in [0.2, 0.25) is 0 Å². The first-order valence-corrected chi connectivity index (χ1v) is 13.1. The maximum absolute atomic E-state index is 12.7. The molecule has 4 aromatic rings. The van der Waals surface area contributed by atoms with E-state index in [1.807, 2.05) is 62.4 Å². The summed E-state index contributed by atoms with van der Waals surface area (Å²) in [6.45, 7) is 3.89. The Balaban J connectivity index is 1.35. The van der Waals surface area contributed by atoms with Gasteiger partial charge in [-0.05, 0) is 96.9 Å². The summed E-state index contributed by atoms with van der Waals surface area (Å²) in [5.74, 6) is -0.344. The van der Waals surface area contributed by atoms with Crippen LogP contribution in [-0.4, -0.2) is 19.4 Å². The summed E-state index contributed by atoms with van der Waals surface area (Å²) < 4.78 is 28.1. The highest BCUT2D eigenvalue weighted by atomic mass is 32.2. The van der Waals surface area contributed by atoms with Gasteiger partial charge in [0.15, 0.2) is 5.11 Å². The van der Waals surface area contributed by atoms with Crippen molar-refractivity contribution in [2.45, 2.75) is 18.7 Å². The number of hydrogen-bond donors (Lipinski definition) is 3. The van der Waals surface area contributed by atoms with E-state index in [0.717, 1.165) is 22.3 Å². The second-order valence-corrected chi connectivity index (χ2v) is 10.4. The quantitative estimate of drug-likeness (QED) is 0.278. The number of carbonyl (C=O) groups excluding carboxylic acids is 1. The number of nitrogens with one attached hydrogen (secondary N) is 3. The van der Waals surface area contributed by atoms with Crippen LogP contribution in [0.3, 0.4) is 0 Å². The minimum Gasteiger partial charge on any atom is -0.332 e. The van der Waals surface area contributed by atoms with Gasteiger partial charge in [0.05, 0.1) is 4.90 Å². The van der Waals surface area contributed by atoms with E-state index in [2.05, 4.69) is 15.4 Å². The van der Waals surface area contributed by atoms with Gasteiger partial charge in [0.25, 0.3) is 15.9 Å². The molecule has 0 bridgehead atoms. The molecule has 0 saturated carbocycles. The van der Waals surface area contributed by atoms with Gasteiger partial charge in [-0.1, -0.05) is 48.5 Å². The molecule has 182 valence electrons. The Bertz CT molecular complexity index is 1500. The van der Waals surface area contributed by atoms with E-state index in [4.69, 9.17) is 12.2 Å². The monoisotopic (exact) mass is 515 g/mol. The Hall–Kier alpha value is -4.01. The number of sulfonamides is 1. The number of anilines is 2. The molecule has 0 fully saturated rings. The molecule has 0 aliphatic rings. The first-order valence-electron chi connectivity index (χ1n) is 11.2. The summed E-state index contributed by atoms with van der Waals surface area (Å²) in [7, 11) is -3.75. The van der Waals surface area contributed by atoms with Crippen LogP contribution >= 0.6 is 12.2 Å². The minimum atomic E-state index is -3.75. The van der Waals surface area contributed by atoms with Gasteiger partial charge in [0, 0.05) is 16.9 Å². The Labute approximate surface area is 216 Å². The van der Waals surface area contributed by atoms with Crippen molar-refractivity contribution in [3.8, 4) is 11.1 Å². The van der Waals surface area contributed by atoms with Crippen LogP contribution in [-0.2, 0) is 10.0 Å². The maximum atomic E-state index is 12.7. The second kappa shape index (κ2) is 10.7. The lowest BCUT2D eigenvalue weighted by molar-refractivity contribution is 0.0977. The van der Waals surface area contributed by atoms with Crippen LogP contribution in [0, 0.1) is 13.8 Å². The summed E-state index contributed by atoms with van der Waals surface area (Å²) >= 11 is 5.26. The Morgan fingerprint density at radius 1 is 0.722 bits per heavy atom. The van der Waals surface area contributed by atoms with Gasteiger partial charge < -0.3 is 5.32 Å². The van der Waals surface area contributed by atoms with Crippen LogP contribution in [0.1, 0.15) is 21.5 Å². The normalized spacial score (nSPS) is 10.9. The molecule has 0 atom stereocenters. The molecule has 0 aliphatic heterocycles. The van der Waals surface area contributed by atoms with E-state index in [1.165, 1.54) is 12.1 Å². The van der Waals surface area contributed by atoms with E-state index < -0.39 is 10.0 Å². The zero-order chi connectivity index (χ0) is 25.7. The summed E-state index contributed by atoms with van der Waals surface area (Å²) in [5, 5.41) is 5.66. The molecule has 4 aromatic carbocycles. The first kappa shape index (κ1) is 25.1. The van der Waals surface area contributed by atoms with Crippen LogP contribution in [0.5, 0.6) is 0 Å². The molecule has 36 heavy (non-hydrogen) atoms. The largest absolute Gasteiger partial charge is 0.332 e. The molecule has 0 saturated heterocycles. The first-order chi connectivity index (χ1) is 17.2. The number of benzene rings is 4. The molecule has 0 heterocycles. The lowest BCUT2D eigenvalue weighted by Gasteiger charge is -2.12. The predicted molar refractivity (Wildman–Crippen MR) is 149 cm³/mol. The molecule has 0 aromatic heterocycles. The van der Waals surface area contributed by atoms with Gasteiger partial charge in [-0.25, -0.2) is 8.42 Å². The van der Waals surface area contributed by atoms with Crippen molar-refractivity contribution in [1.29, 1.82) is 0 Å². The van der Waals surface area contributed by atoms with E-state index in [-0.39, 0.29) is 15.9 Å². The maximum Gasteiger partial charge on any atom is 0.261 e. The summed E-state index contributed by atoms with van der Waals surface area (Å²) in [6.07, 6.45) is 0. The molecule has 4 rings (SSSR count). The van der Waals surface area contributed by atoms with Crippen molar-refractivity contribution >= 4 is 44.6 Å². The predicted octanol–water partition coefficient (Wildman–Crippen LogP) is 5.90. The van der Waals surface area contributed by atoms with Crippen molar-refractivity contribution in [2.24, 2.45) is 0 Å². The Morgan fingerprint density at radius 2 is 1.33 bits per heavy atom. The number of thiocarbonyl (C=S) groups is 1. The van der Waals surface area contributed by atoms with Crippen molar-refractivity contribution in [3.63, 3.8) is 0 Å². The number of rotatable bonds is 6. The average Bonchev–Trinajstić information content (AvgIpc) is 2.87. The molecule has 6 nitrogen and oxygen atoms in total. The van der Waals surface area contributed by atoms with Crippen molar-refractivity contribution in [3.05, 3.63) is 114 Å². The Kier molecular flexibility index (Phi) is 7.47. The summed E-state index contributed by atoms with van der Waals surface area (Å²) in [6, 6.07) is 28.6. The third-order valence-corrected chi connectivity index (χ3v) is 7.26. The molecule has 0 unspecified atom stereocenters. The van der Waals surface area contributed by atoms with Crippen LogP contribution in [0.4, 0.5) is 11.4 Å². The number of hydrogen-bond acceptors (Lipinski definition) is 4. The summed E-state index contributed by atoms with van der Waals surface area (Å²) in [5.41, 5.74) is 5.67. The fourth-order valence-electron chi connectivity index (χ4n) is 3.52. The Morgan fingerprint density at radius 3 is 1.97 bits per heavy atom. The van der Waals surface area contributed by atoms with E-state index in [9.17, 15) is 13.2 Å². The third kappa shape index (κ3) is 6.16. The zero-order valence-electron chi connectivity index (χ0n) is 19.8. The molecule has 1 amide bonds. The zero-order valence-corrected chi connectivity index (χ0v) is 21.4. The third-order valence-electron chi connectivity index (χ3n) is 5.66. The number of carbonyl (C=O) groups is 1. The highest BCUT2D eigenvalue weighted by Gasteiger charge is 2.15. The standard InChI is InChI=1S/C28H25N3O3S2/c1-19-8-13-25(18-20(19)2)31-36(33,34)26-16-14-24(15-17-26)29-28(35)30-27(32)23-11-9-22(10-12-23)21-6-4-3-5-7-21/h3-18,31H,1-2H3,(H2,29,30,32,35). The molecule has 0 spiro atoms. The highest BCUT2D eigenvalue weighted by molar-refractivity contribution is 7.92. The lowest BCUT2D eigenvalue weighted by Crippen LogP contribution is -2.34. The van der Waals surface area contributed by atoms with E-state index >= 15 is 0 Å². The second-order valence-electron chi connectivity index (χ2n) is 8.28. The fourth-order valence-corrected chi connectivity index (χ4v) is 4.78. The molecule has 0 aliphatic carbocycles. The van der Waals surface area contributed by atoms with Gasteiger partial charge in [-0.2, -0.15) is 0 Å². The number of aryl methyl sites for hydroxylation is 2. The SMILES string of the molecule is Cc1ccc(NS(=O)(=O)c2ccc(NC(=S)NC(=O)c3ccc(-c4ccccc4)cc3)cc2)cc1C. The van der Waals surface area contributed by atoms with Gasteiger partial charge in [-0.15, -0.1) is 0 Å². The van der Waals surface area contributed by atoms with Gasteiger partial charge in [0.2, 0.25) is 0 Å². The van der Waals surface area contributed by atoms with Gasteiger partial charge in [-0.3, -0.25) is 14.8 Å². The molecule has 8 heteroatoms. The fraction of sp³-hybridized carbons (Fsp3) is 0.0714. The minimum absolute atomic E-state index is 0.107. The molecule has 3 N–H and O–H groups in total. The van der Waals surface area contributed by atoms with Gasteiger partial charge >= 0.3 is 0 Å². The molecular weight excluding hydrogens is 490 g/mol. The van der Waals surface area contributed by atoms with Crippen molar-refractivity contribution in [1.82, 2.24) is 5.32 Å². The van der Waals surface area contributed by atoms with Crippen LogP contribution < -0.4 is 15.4 Å². The van der Waals surface area contributed by atoms with Gasteiger partial charge in [0.1, 0.15) is 0 Å². The molecule has 0 radical (unpaired) electrons. The highest BCUT2D eigenvalue weighted by Crippen LogP contribution is 2.21. The number of amides is 1. The van der Waals surface area contributed by atoms with Crippen LogP contribution in [0.15, 0.2) is 102 Å². The molecular formula is C28H25N3O3S2. The van der Waals surface area contributed by atoms with Crippen molar-refractivity contribution < 1.29 is 13.2 Å². The van der Waals surface area contributed by atoms with E-state index in [1.54, 1.807) is 36.4 Å². The topological polar surface area (TPSA) is 87.3 Å².